The quantitative estimate of drug-likeness (QED) is 0.171. The normalized spacial score (nSPS) is 13.4. The first-order valence-electron chi connectivity index (χ1n) is 7.73. The van der Waals surface area contributed by atoms with Crippen LogP contribution in [0.4, 0.5) is 0 Å². The molecule has 164 valence electrons. The van der Waals surface area contributed by atoms with Crippen molar-refractivity contribution in [3.63, 3.8) is 0 Å². The average Bonchev–Trinajstić information content (AvgIpc) is 2.58. The van der Waals surface area contributed by atoms with E-state index in [0.29, 0.717) is 6.42 Å². The van der Waals surface area contributed by atoms with Crippen molar-refractivity contribution >= 4 is 72.4 Å². The Morgan fingerprint density at radius 1 is 1.06 bits per heavy atom. The maximum Gasteiger partial charge on any atom is 1.00 e. The van der Waals surface area contributed by atoms with E-state index in [2.05, 4.69) is 58.0 Å². The van der Waals surface area contributed by atoms with Gasteiger partial charge >= 0.3 is 86.3 Å². The van der Waals surface area contributed by atoms with Gasteiger partial charge in [-0.15, -0.1) is 38.1 Å². The van der Waals surface area contributed by atoms with E-state index in [-0.39, 0.29) is 65.2 Å². The molecule has 0 heterocycles. The molecule has 1 aliphatic rings. The van der Waals surface area contributed by atoms with Gasteiger partial charge in [-0.05, 0) is 69.3 Å². The summed E-state index contributed by atoms with van der Waals surface area (Å²) in [4.78, 5) is 10.8. The van der Waals surface area contributed by atoms with Crippen LogP contribution in [0.15, 0.2) is 12.1 Å². The third-order valence-electron chi connectivity index (χ3n) is 3.31. The Morgan fingerprint density at radius 3 is 1.81 bits per heavy atom. The standard InChI is InChI=1S/C15H17I2NO3.2Na.2O3S/c16-11-6-9(8-13(18)15(19)20)7-12(17)14(11)21-10-4-2-1-3-5-10;;;2*1-4(2)3/h2-3,6-7,10,13H,1,4-5,8,18H2,(H,19,20);;;;/q-2;2*+1;;. The summed E-state index contributed by atoms with van der Waals surface area (Å²) in [7, 11) is -6.22. The predicted molar refractivity (Wildman–Crippen MR) is 117 cm³/mol. The van der Waals surface area contributed by atoms with E-state index in [1.165, 1.54) is 0 Å². The fourth-order valence-electron chi connectivity index (χ4n) is 2.23. The molecule has 2 rings (SSSR count). The van der Waals surface area contributed by atoms with Crippen molar-refractivity contribution in [3.05, 3.63) is 37.7 Å². The van der Waals surface area contributed by atoms with Gasteiger partial charge in [0.1, 0.15) is 11.8 Å². The molecular formula is C15H17I2NNa2O9S2. The maximum absolute atomic E-state index is 10.8. The smallest absolute Gasteiger partial charge is 0.494 e. The topological polar surface area (TPSA) is 175 Å². The fraction of sp³-hybridized carbons (Fsp3) is 0.400. The van der Waals surface area contributed by atoms with E-state index in [9.17, 15) is 4.79 Å². The number of benzene rings is 1. The summed E-state index contributed by atoms with van der Waals surface area (Å²) in [5.41, 5.74) is 6.52. The minimum absolute atomic E-state index is 0. The second kappa shape index (κ2) is 20.5. The zero-order chi connectivity index (χ0) is 22.6. The summed E-state index contributed by atoms with van der Waals surface area (Å²) < 4.78 is 58.8. The molecule has 0 bridgehead atoms. The predicted octanol–water partition coefficient (Wildman–Crippen LogP) is -4.81. The van der Waals surface area contributed by atoms with Crippen LogP contribution in [0.2, 0.25) is 0 Å². The number of carboxylic acids is 1. The molecule has 0 radical (unpaired) electrons. The molecule has 1 aromatic rings. The van der Waals surface area contributed by atoms with Gasteiger partial charge in [0.25, 0.3) is 0 Å². The van der Waals surface area contributed by atoms with E-state index < -0.39 is 33.2 Å². The van der Waals surface area contributed by atoms with Crippen molar-refractivity contribution in [2.75, 3.05) is 0 Å². The van der Waals surface area contributed by atoms with E-state index >= 15 is 0 Å². The summed E-state index contributed by atoms with van der Waals surface area (Å²) in [5.74, 6) is -0.0915. The first kappa shape index (κ1) is 36.7. The van der Waals surface area contributed by atoms with E-state index in [1.54, 1.807) is 0 Å². The molecule has 1 fully saturated rings. The number of halogens is 2. The van der Waals surface area contributed by atoms with Crippen LogP contribution in [-0.4, -0.2) is 48.5 Å². The summed E-state index contributed by atoms with van der Waals surface area (Å²) in [6.07, 6.45) is 7.98. The van der Waals surface area contributed by atoms with Gasteiger partial charge in [-0.1, -0.05) is 0 Å². The summed E-state index contributed by atoms with van der Waals surface area (Å²) in [6.45, 7) is 0. The van der Waals surface area contributed by atoms with Crippen LogP contribution >= 0.6 is 45.2 Å². The molecule has 1 aromatic carbocycles. The number of hydrogen-bond donors (Lipinski definition) is 2. The Balaban J connectivity index is -0.000000678. The number of carbonyl (C=O) groups is 1. The van der Waals surface area contributed by atoms with Gasteiger partial charge in [0, 0.05) is 6.10 Å². The molecule has 10 nitrogen and oxygen atoms in total. The number of aliphatic carboxylic acids is 1. The van der Waals surface area contributed by atoms with Crippen molar-refractivity contribution < 1.29 is 99.0 Å². The Hall–Kier alpha value is 1.15. The number of nitrogens with two attached hydrogens (primary N) is 1. The summed E-state index contributed by atoms with van der Waals surface area (Å²) in [6, 6.07) is 3.04. The van der Waals surface area contributed by atoms with Crippen molar-refractivity contribution in [2.24, 2.45) is 5.73 Å². The zero-order valence-electron chi connectivity index (χ0n) is 16.7. The number of ether oxygens (including phenoxy) is 1. The molecule has 1 atom stereocenters. The second-order valence-electron chi connectivity index (χ2n) is 5.47. The van der Waals surface area contributed by atoms with Gasteiger partial charge in [0.2, 0.25) is 0 Å². The molecule has 16 heteroatoms. The number of carboxylic acid groups (broad SMARTS) is 1. The van der Waals surface area contributed by atoms with Crippen molar-refractivity contribution in [1.82, 2.24) is 0 Å². The molecule has 0 aliphatic heterocycles. The van der Waals surface area contributed by atoms with Crippen LogP contribution in [-0.2, 0) is 32.4 Å². The van der Waals surface area contributed by atoms with Crippen LogP contribution in [0, 0.1) is 20.0 Å². The summed E-state index contributed by atoms with van der Waals surface area (Å²) >= 11 is 4.47. The van der Waals surface area contributed by atoms with E-state index in [4.69, 9.17) is 40.8 Å². The molecular weight excluding hydrogens is 702 g/mol. The molecule has 0 spiro atoms. The monoisotopic (exact) mass is 719 g/mol. The van der Waals surface area contributed by atoms with E-state index in [0.717, 1.165) is 37.7 Å². The van der Waals surface area contributed by atoms with Crippen LogP contribution in [0.25, 0.3) is 0 Å². The molecule has 3 N–H and O–H groups in total. The minimum atomic E-state index is -3.11. The molecule has 31 heavy (non-hydrogen) atoms. The van der Waals surface area contributed by atoms with Gasteiger partial charge in [-0.25, -0.2) is 0 Å². The number of hydrogen-bond acceptors (Lipinski definition) is 9. The number of rotatable bonds is 5. The van der Waals surface area contributed by atoms with Crippen molar-refractivity contribution in [1.29, 1.82) is 0 Å². The van der Waals surface area contributed by atoms with E-state index in [1.807, 2.05) is 12.1 Å². The Bertz CT molecular complexity index is 843. The largest absolute Gasteiger partial charge is 1.00 e. The molecule has 1 saturated carbocycles. The van der Waals surface area contributed by atoms with Gasteiger partial charge < -0.3 is 34.8 Å². The molecule has 1 aliphatic carbocycles. The SMILES string of the molecule is NC(Cc1cc(I)c(OC2C[CH-]C[CH-]C2)c(I)c1)C(=O)O.O=S(=O)=O.O=S(=O)=O.[Na+].[Na+]. The van der Waals surface area contributed by atoms with Crippen LogP contribution in [0.5, 0.6) is 5.75 Å². The first-order valence-corrected chi connectivity index (χ1v) is 11.9. The summed E-state index contributed by atoms with van der Waals surface area (Å²) in [5, 5.41) is 8.89. The second-order valence-corrected chi connectivity index (χ2v) is 8.61. The van der Waals surface area contributed by atoms with Crippen LogP contribution < -0.4 is 69.6 Å². The van der Waals surface area contributed by atoms with Gasteiger partial charge in [-0.3, -0.25) is 4.79 Å². The van der Waals surface area contributed by atoms with Gasteiger partial charge in [-0.2, -0.15) is 0 Å². The van der Waals surface area contributed by atoms with Gasteiger partial charge in [0.05, 0.1) is 7.14 Å². The Kier molecular flexibility index (Phi) is 24.3. The fourth-order valence-corrected chi connectivity index (χ4v) is 4.38. The van der Waals surface area contributed by atoms with Crippen molar-refractivity contribution in [3.8, 4) is 5.75 Å². The third-order valence-corrected chi connectivity index (χ3v) is 4.91. The Labute approximate surface area is 254 Å². The van der Waals surface area contributed by atoms with Crippen LogP contribution in [0.1, 0.15) is 24.8 Å². The third kappa shape index (κ3) is 19.2. The maximum atomic E-state index is 10.8. The first-order chi connectivity index (χ1) is 13.4. The zero-order valence-corrected chi connectivity index (χ0v) is 26.6. The molecule has 1 unspecified atom stereocenters. The van der Waals surface area contributed by atoms with Crippen molar-refractivity contribution in [2.45, 2.75) is 37.8 Å². The molecule has 0 aromatic heterocycles. The van der Waals surface area contributed by atoms with Gasteiger partial charge in [0.15, 0.2) is 0 Å². The molecule has 0 saturated heterocycles. The Morgan fingerprint density at radius 2 is 1.45 bits per heavy atom. The minimum Gasteiger partial charge on any atom is -0.494 e. The average molecular weight is 719 g/mol. The van der Waals surface area contributed by atoms with Crippen LogP contribution in [0.3, 0.4) is 0 Å². The molecule has 0 amide bonds.